The van der Waals surface area contributed by atoms with E-state index in [4.69, 9.17) is 0 Å². The van der Waals surface area contributed by atoms with E-state index in [2.05, 4.69) is 5.32 Å². The third-order valence-corrected chi connectivity index (χ3v) is 2.19. The molecule has 0 spiro atoms. The fourth-order valence-corrected chi connectivity index (χ4v) is 1.20. The second-order valence-corrected chi connectivity index (χ2v) is 3.35. The van der Waals surface area contributed by atoms with Crippen LogP contribution in [0.3, 0.4) is 0 Å². The van der Waals surface area contributed by atoms with Crippen LogP contribution in [0, 0.1) is 0 Å². The number of nitrogens with one attached hydrogen (secondary N) is 1. The molecular formula is C8H17NOS. The molecule has 0 unspecified atom stereocenters. The molecule has 0 atom stereocenters. The normalized spacial score (nSPS) is 10.0. The Morgan fingerprint density at radius 1 is 1.36 bits per heavy atom. The van der Waals surface area contributed by atoms with E-state index in [-0.39, 0.29) is 0 Å². The lowest BCUT2D eigenvalue weighted by Gasteiger charge is -1.98. The Morgan fingerprint density at radius 3 is 2.64 bits per heavy atom. The molecule has 0 aliphatic heterocycles. The lowest BCUT2D eigenvalue weighted by Crippen LogP contribution is -2.07. The van der Waals surface area contributed by atoms with Crippen LogP contribution in [-0.4, -0.2) is 25.0 Å². The first-order chi connectivity index (χ1) is 5.31. The highest BCUT2D eigenvalue weighted by Gasteiger charge is 1.97. The van der Waals surface area contributed by atoms with Gasteiger partial charge >= 0.3 is 0 Å². The van der Waals surface area contributed by atoms with Gasteiger partial charge in [0.1, 0.15) is 0 Å². The monoisotopic (exact) mass is 175 g/mol. The topological polar surface area (TPSA) is 29.1 Å². The van der Waals surface area contributed by atoms with Gasteiger partial charge in [0.2, 0.25) is 0 Å². The van der Waals surface area contributed by atoms with Gasteiger partial charge in [-0.25, -0.2) is 0 Å². The number of carbonyl (C=O) groups excluding carboxylic acids is 1. The van der Waals surface area contributed by atoms with Gasteiger partial charge in [0.05, 0.1) is 0 Å². The van der Waals surface area contributed by atoms with Crippen molar-refractivity contribution in [2.45, 2.75) is 25.7 Å². The fraction of sp³-hybridized carbons (Fsp3) is 0.875. The van der Waals surface area contributed by atoms with Crippen molar-refractivity contribution in [3.05, 3.63) is 0 Å². The summed E-state index contributed by atoms with van der Waals surface area (Å²) in [5, 5.41) is 3.39. The van der Waals surface area contributed by atoms with Gasteiger partial charge in [0.25, 0.3) is 0 Å². The van der Waals surface area contributed by atoms with Crippen LogP contribution in [0.15, 0.2) is 0 Å². The molecule has 0 aromatic rings. The van der Waals surface area contributed by atoms with Crippen molar-refractivity contribution in [2.24, 2.45) is 0 Å². The maximum Gasteiger partial charge on any atom is 0.188 e. The minimum Gasteiger partial charge on any atom is -0.320 e. The number of hydrogen-bond acceptors (Lipinski definition) is 3. The van der Waals surface area contributed by atoms with Gasteiger partial charge in [-0.2, -0.15) is 0 Å². The molecule has 3 heteroatoms. The molecule has 0 radical (unpaired) electrons. The molecule has 0 aromatic heterocycles. The SMILES string of the molecule is CNCCCCCC(=O)SC. The summed E-state index contributed by atoms with van der Waals surface area (Å²) in [7, 11) is 1.95. The zero-order valence-corrected chi connectivity index (χ0v) is 8.17. The minimum absolute atomic E-state index is 0.314. The van der Waals surface area contributed by atoms with Crippen LogP contribution in [0.5, 0.6) is 0 Å². The molecule has 0 amide bonds. The molecule has 11 heavy (non-hydrogen) atoms. The number of thioether (sulfide) groups is 1. The molecule has 0 saturated heterocycles. The Hall–Kier alpha value is -0.0200. The Balaban J connectivity index is 2.95. The molecule has 0 saturated carbocycles. The van der Waals surface area contributed by atoms with Crippen LogP contribution < -0.4 is 5.32 Å². The number of rotatable bonds is 6. The highest BCUT2D eigenvalue weighted by atomic mass is 32.2. The van der Waals surface area contributed by atoms with Crippen LogP contribution in [-0.2, 0) is 4.79 Å². The first kappa shape index (κ1) is 11.0. The molecule has 0 bridgehead atoms. The summed E-state index contributed by atoms with van der Waals surface area (Å²) in [4.78, 5) is 10.8. The van der Waals surface area contributed by atoms with Crippen LogP contribution in [0.4, 0.5) is 0 Å². The Labute approximate surface area is 73.1 Å². The van der Waals surface area contributed by atoms with Crippen molar-refractivity contribution in [3.8, 4) is 0 Å². The van der Waals surface area contributed by atoms with E-state index in [1.807, 2.05) is 13.3 Å². The van der Waals surface area contributed by atoms with Crippen molar-refractivity contribution in [3.63, 3.8) is 0 Å². The third kappa shape index (κ3) is 7.88. The standard InChI is InChI=1S/C8H17NOS/c1-9-7-5-3-4-6-8(10)11-2/h9H,3-7H2,1-2H3. The van der Waals surface area contributed by atoms with Gasteiger partial charge in [-0.1, -0.05) is 18.2 Å². The van der Waals surface area contributed by atoms with E-state index < -0.39 is 0 Å². The van der Waals surface area contributed by atoms with Crippen LogP contribution in [0.1, 0.15) is 25.7 Å². The molecule has 2 nitrogen and oxygen atoms in total. The summed E-state index contributed by atoms with van der Waals surface area (Å²) < 4.78 is 0. The van der Waals surface area contributed by atoms with Gasteiger partial charge in [-0.15, -0.1) is 0 Å². The third-order valence-electron chi connectivity index (χ3n) is 1.54. The molecule has 66 valence electrons. The molecule has 0 aromatic carbocycles. The summed E-state index contributed by atoms with van der Waals surface area (Å²) in [5.74, 6) is 0. The number of carbonyl (C=O) groups is 1. The minimum atomic E-state index is 0.314. The fourth-order valence-electron chi connectivity index (χ4n) is 0.850. The predicted molar refractivity (Wildman–Crippen MR) is 50.9 cm³/mol. The Bertz CT molecular complexity index is 106. The maximum absolute atomic E-state index is 10.8. The van der Waals surface area contributed by atoms with E-state index in [0.29, 0.717) is 5.12 Å². The highest BCUT2D eigenvalue weighted by molar-refractivity contribution is 8.13. The van der Waals surface area contributed by atoms with Crippen LogP contribution in [0.25, 0.3) is 0 Å². The first-order valence-electron chi connectivity index (χ1n) is 4.02. The highest BCUT2D eigenvalue weighted by Crippen LogP contribution is 2.05. The zero-order chi connectivity index (χ0) is 8.53. The molecule has 0 rings (SSSR count). The quantitative estimate of drug-likeness (QED) is 0.622. The van der Waals surface area contributed by atoms with E-state index in [0.717, 1.165) is 25.8 Å². The average molecular weight is 175 g/mol. The van der Waals surface area contributed by atoms with Crippen molar-refractivity contribution in [1.82, 2.24) is 5.32 Å². The summed E-state index contributed by atoms with van der Waals surface area (Å²) in [6.07, 6.45) is 5.97. The van der Waals surface area contributed by atoms with Gasteiger partial charge in [0, 0.05) is 6.42 Å². The summed E-state index contributed by atoms with van der Waals surface area (Å²) in [6.45, 7) is 1.06. The average Bonchev–Trinajstić information content (AvgIpc) is 2.04. The van der Waals surface area contributed by atoms with Crippen molar-refractivity contribution in [2.75, 3.05) is 19.8 Å². The van der Waals surface area contributed by atoms with E-state index >= 15 is 0 Å². The predicted octanol–water partition coefficient (Wildman–Crippen LogP) is 1.66. The van der Waals surface area contributed by atoms with Crippen LogP contribution in [0.2, 0.25) is 0 Å². The molecule has 1 N–H and O–H groups in total. The Morgan fingerprint density at radius 2 is 2.09 bits per heavy atom. The zero-order valence-electron chi connectivity index (χ0n) is 7.35. The largest absolute Gasteiger partial charge is 0.320 e. The maximum atomic E-state index is 10.8. The van der Waals surface area contributed by atoms with E-state index in [9.17, 15) is 4.79 Å². The van der Waals surface area contributed by atoms with E-state index in [1.54, 1.807) is 0 Å². The van der Waals surface area contributed by atoms with Gasteiger partial charge in [-0.3, -0.25) is 4.79 Å². The van der Waals surface area contributed by atoms with Gasteiger partial charge in [-0.05, 0) is 32.7 Å². The van der Waals surface area contributed by atoms with E-state index in [1.165, 1.54) is 18.2 Å². The second-order valence-electron chi connectivity index (χ2n) is 2.49. The lowest BCUT2D eigenvalue weighted by molar-refractivity contribution is -0.111. The molecule has 0 aliphatic carbocycles. The Kier molecular flexibility index (Phi) is 8.07. The molecule has 0 fully saturated rings. The summed E-state index contributed by atoms with van der Waals surface area (Å²) in [6, 6.07) is 0. The molecule has 0 aliphatic rings. The number of unbranched alkanes of at least 4 members (excludes halogenated alkanes) is 2. The molecular weight excluding hydrogens is 158 g/mol. The smallest absolute Gasteiger partial charge is 0.188 e. The summed E-state index contributed by atoms with van der Waals surface area (Å²) >= 11 is 1.33. The van der Waals surface area contributed by atoms with Gasteiger partial charge in [0.15, 0.2) is 5.12 Å². The lowest BCUT2D eigenvalue weighted by atomic mass is 10.2. The summed E-state index contributed by atoms with van der Waals surface area (Å²) in [5.41, 5.74) is 0. The van der Waals surface area contributed by atoms with Gasteiger partial charge < -0.3 is 5.32 Å². The molecule has 0 heterocycles. The second kappa shape index (κ2) is 8.08. The van der Waals surface area contributed by atoms with Crippen molar-refractivity contribution < 1.29 is 4.79 Å². The first-order valence-corrected chi connectivity index (χ1v) is 5.25. The number of hydrogen-bond donors (Lipinski definition) is 1. The van der Waals surface area contributed by atoms with Crippen molar-refractivity contribution >= 4 is 16.9 Å². The van der Waals surface area contributed by atoms with Crippen LogP contribution >= 0.6 is 11.8 Å². The van der Waals surface area contributed by atoms with Crippen molar-refractivity contribution in [1.29, 1.82) is 0 Å².